The Morgan fingerprint density at radius 3 is 2.60 bits per heavy atom. The molecule has 108 valence electrons. The molecule has 0 unspecified atom stereocenters. The van der Waals surface area contributed by atoms with Crippen LogP contribution in [0.3, 0.4) is 0 Å². The molecule has 1 heterocycles. The molecular weight excluding hydrogens is 250 g/mol. The average Bonchev–Trinajstić information content (AvgIpc) is 2.41. The van der Waals surface area contributed by atoms with Gasteiger partial charge in [-0.1, -0.05) is 13.0 Å². The number of ether oxygens (including phenoxy) is 1. The molecule has 1 aliphatic rings. The van der Waals surface area contributed by atoms with Crippen molar-refractivity contribution in [3.8, 4) is 5.75 Å². The molecule has 0 aliphatic carbocycles. The normalized spacial score (nSPS) is 16.4. The van der Waals surface area contributed by atoms with E-state index in [9.17, 15) is 4.79 Å². The summed E-state index contributed by atoms with van der Waals surface area (Å²) in [5, 5.41) is 0. The number of nitrogens with zero attached hydrogens (tertiary/aromatic N) is 1. The van der Waals surface area contributed by atoms with E-state index in [1.807, 2.05) is 12.1 Å². The standard InChI is InChI=1S/C17H23NO2/c1-6-7-18-16-14(12(2)10-17(18,3)4)8-13(11-19)9-15(16)20-5/h8-11H,6-7H2,1-5H3. The Labute approximate surface area is 121 Å². The molecule has 0 saturated heterocycles. The van der Waals surface area contributed by atoms with Crippen molar-refractivity contribution in [2.24, 2.45) is 0 Å². The zero-order chi connectivity index (χ0) is 14.9. The molecule has 0 radical (unpaired) electrons. The van der Waals surface area contributed by atoms with Crippen LogP contribution in [0.15, 0.2) is 18.2 Å². The van der Waals surface area contributed by atoms with Crippen molar-refractivity contribution in [2.75, 3.05) is 18.6 Å². The van der Waals surface area contributed by atoms with Crippen LogP contribution in [-0.4, -0.2) is 25.5 Å². The van der Waals surface area contributed by atoms with Crippen molar-refractivity contribution in [1.82, 2.24) is 0 Å². The minimum absolute atomic E-state index is 0.0525. The smallest absolute Gasteiger partial charge is 0.150 e. The van der Waals surface area contributed by atoms with E-state index >= 15 is 0 Å². The van der Waals surface area contributed by atoms with Crippen LogP contribution in [0.1, 0.15) is 50.0 Å². The van der Waals surface area contributed by atoms with Crippen LogP contribution in [0, 0.1) is 0 Å². The molecule has 1 aromatic rings. The number of carbonyl (C=O) groups is 1. The molecule has 0 saturated carbocycles. The highest BCUT2D eigenvalue weighted by Gasteiger charge is 2.33. The number of methoxy groups -OCH3 is 1. The molecule has 1 aromatic carbocycles. The number of allylic oxidation sites excluding steroid dienone is 1. The van der Waals surface area contributed by atoms with Gasteiger partial charge in [0.2, 0.25) is 0 Å². The maximum Gasteiger partial charge on any atom is 0.150 e. The third-order valence-corrected chi connectivity index (χ3v) is 3.86. The monoisotopic (exact) mass is 273 g/mol. The van der Waals surface area contributed by atoms with Gasteiger partial charge in [0.1, 0.15) is 12.0 Å². The summed E-state index contributed by atoms with van der Waals surface area (Å²) in [7, 11) is 1.66. The van der Waals surface area contributed by atoms with Gasteiger partial charge in [-0.05, 0) is 44.9 Å². The fourth-order valence-corrected chi connectivity index (χ4v) is 3.03. The van der Waals surface area contributed by atoms with Crippen molar-refractivity contribution in [1.29, 1.82) is 0 Å². The van der Waals surface area contributed by atoms with Crippen molar-refractivity contribution in [3.63, 3.8) is 0 Å². The lowest BCUT2D eigenvalue weighted by Gasteiger charge is -2.44. The number of hydrogen-bond donors (Lipinski definition) is 0. The van der Waals surface area contributed by atoms with Crippen molar-refractivity contribution in [3.05, 3.63) is 29.3 Å². The first-order valence-corrected chi connectivity index (χ1v) is 7.09. The molecule has 20 heavy (non-hydrogen) atoms. The van der Waals surface area contributed by atoms with Gasteiger partial charge in [0.05, 0.1) is 18.3 Å². The zero-order valence-electron chi connectivity index (χ0n) is 13.0. The quantitative estimate of drug-likeness (QED) is 0.779. The van der Waals surface area contributed by atoms with Gasteiger partial charge >= 0.3 is 0 Å². The number of hydrogen-bond acceptors (Lipinski definition) is 3. The summed E-state index contributed by atoms with van der Waals surface area (Å²) in [4.78, 5) is 13.5. The Bertz CT molecular complexity index is 558. The summed E-state index contributed by atoms with van der Waals surface area (Å²) in [6.45, 7) is 9.65. The molecule has 0 fully saturated rings. The van der Waals surface area contributed by atoms with E-state index in [0.717, 1.165) is 36.3 Å². The Balaban J connectivity index is 2.71. The third-order valence-electron chi connectivity index (χ3n) is 3.86. The molecule has 0 aromatic heterocycles. The summed E-state index contributed by atoms with van der Waals surface area (Å²) in [6, 6.07) is 3.78. The van der Waals surface area contributed by atoms with Crippen molar-refractivity contribution in [2.45, 2.75) is 39.7 Å². The van der Waals surface area contributed by atoms with Crippen LogP contribution in [0.5, 0.6) is 5.75 Å². The summed E-state index contributed by atoms with van der Waals surface area (Å²) in [6.07, 6.45) is 4.20. The predicted molar refractivity (Wildman–Crippen MR) is 83.7 cm³/mol. The number of aldehydes is 1. The van der Waals surface area contributed by atoms with Gasteiger partial charge < -0.3 is 9.64 Å². The van der Waals surface area contributed by atoms with Crippen LogP contribution in [0.4, 0.5) is 5.69 Å². The van der Waals surface area contributed by atoms with E-state index in [1.165, 1.54) is 5.57 Å². The fraction of sp³-hybridized carbons (Fsp3) is 0.471. The van der Waals surface area contributed by atoms with Gasteiger partial charge in [0, 0.05) is 17.7 Å². The van der Waals surface area contributed by atoms with Crippen LogP contribution < -0.4 is 9.64 Å². The minimum atomic E-state index is -0.0525. The number of carbonyl (C=O) groups excluding carboxylic acids is 1. The lowest BCUT2D eigenvalue weighted by atomic mass is 9.87. The molecule has 0 bridgehead atoms. The first-order valence-electron chi connectivity index (χ1n) is 7.09. The van der Waals surface area contributed by atoms with Gasteiger partial charge in [-0.25, -0.2) is 0 Å². The topological polar surface area (TPSA) is 29.5 Å². The second-order valence-electron chi connectivity index (χ2n) is 5.87. The van der Waals surface area contributed by atoms with E-state index in [1.54, 1.807) is 7.11 Å². The second-order valence-corrected chi connectivity index (χ2v) is 5.87. The molecule has 0 amide bonds. The SMILES string of the molecule is CCCN1c2c(OC)cc(C=O)cc2C(C)=CC1(C)C. The minimum Gasteiger partial charge on any atom is -0.495 e. The maximum absolute atomic E-state index is 11.1. The molecular formula is C17H23NO2. The van der Waals surface area contributed by atoms with Gasteiger partial charge in [-0.15, -0.1) is 0 Å². The highest BCUT2D eigenvalue weighted by atomic mass is 16.5. The van der Waals surface area contributed by atoms with E-state index in [4.69, 9.17) is 4.74 Å². The number of benzene rings is 1. The lowest BCUT2D eigenvalue weighted by Crippen LogP contribution is -2.45. The Kier molecular flexibility index (Phi) is 3.89. The molecule has 2 rings (SSSR count). The van der Waals surface area contributed by atoms with Gasteiger partial charge in [0.15, 0.2) is 0 Å². The van der Waals surface area contributed by atoms with Gasteiger partial charge in [-0.2, -0.15) is 0 Å². The zero-order valence-corrected chi connectivity index (χ0v) is 13.0. The summed E-state index contributed by atoms with van der Waals surface area (Å²) in [5.41, 5.74) is 4.00. The van der Waals surface area contributed by atoms with Crippen LogP contribution in [-0.2, 0) is 0 Å². The molecule has 3 nitrogen and oxygen atoms in total. The van der Waals surface area contributed by atoms with Crippen LogP contribution in [0.2, 0.25) is 0 Å². The van der Waals surface area contributed by atoms with E-state index < -0.39 is 0 Å². The van der Waals surface area contributed by atoms with Gasteiger partial charge in [0.25, 0.3) is 0 Å². The van der Waals surface area contributed by atoms with Crippen LogP contribution >= 0.6 is 0 Å². The molecule has 0 atom stereocenters. The largest absolute Gasteiger partial charge is 0.495 e. The number of fused-ring (bicyclic) bond motifs is 1. The highest BCUT2D eigenvalue weighted by Crippen LogP contribution is 2.44. The number of rotatable bonds is 4. The summed E-state index contributed by atoms with van der Waals surface area (Å²) >= 11 is 0. The number of anilines is 1. The van der Waals surface area contributed by atoms with Crippen molar-refractivity contribution >= 4 is 17.5 Å². The van der Waals surface area contributed by atoms with E-state index in [0.29, 0.717) is 5.56 Å². The average molecular weight is 273 g/mol. The van der Waals surface area contributed by atoms with E-state index in [2.05, 4.69) is 38.7 Å². The predicted octanol–water partition coefficient (Wildman–Crippen LogP) is 3.92. The maximum atomic E-state index is 11.1. The molecule has 0 N–H and O–H groups in total. The molecule has 1 aliphatic heterocycles. The fourth-order valence-electron chi connectivity index (χ4n) is 3.03. The Morgan fingerprint density at radius 2 is 2.05 bits per heavy atom. The molecule has 3 heteroatoms. The second kappa shape index (κ2) is 5.31. The van der Waals surface area contributed by atoms with Crippen LogP contribution in [0.25, 0.3) is 5.57 Å². The molecule has 0 spiro atoms. The third kappa shape index (κ3) is 2.33. The highest BCUT2D eigenvalue weighted by molar-refractivity contribution is 5.89. The van der Waals surface area contributed by atoms with Gasteiger partial charge in [-0.3, -0.25) is 4.79 Å². The summed E-state index contributed by atoms with van der Waals surface area (Å²) in [5.74, 6) is 0.776. The summed E-state index contributed by atoms with van der Waals surface area (Å²) < 4.78 is 5.55. The van der Waals surface area contributed by atoms with E-state index in [-0.39, 0.29) is 5.54 Å². The first kappa shape index (κ1) is 14.6. The first-order chi connectivity index (χ1) is 9.44. The van der Waals surface area contributed by atoms with Crippen molar-refractivity contribution < 1.29 is 9.53 Å². The Morgan fingerprint density at radius 1 is 1.35 bits per heavy atom. The lowest BCUT2D eigenvalue weighted by molar-refractivity contribution is 0.112. The Hall–Kier alpha value is -1.77.